The molecule has 138 valence electrons. The van der Waals surface area contributed by atoms with Gasteiger partial charge in [0, 0.05) is 17.1 Å². The Labute approximate surface area is 157 Å². The summed E-state index contributed by atoms with van der Waals surface area (Å²) >= 11 is 5.98. The molecule has 0 aliphatic carbocycles. The fraction of sp³-hybridized carbons (Fsp3) is 0.278. The summed E-state index contributed by atoms with van der Waals surface area (Å²) in [5.74, 6) is 0.234. The number of halogens is 1. The van der Waals surface area contributed by atoms with Crippen LogP contribution < -0.4 is 14.4 Å². The van der Waals surface area contributed by atoms with E-state index in [1.54, 1.807) is 43.3 Å². The van der Waals surface area contributed by atoms with E-state index >= 15 is 0 Å². The van der Waals surface area contributed by atoms with Crippen LogP contribution >= 0.6 is 11.6 Å². The second-order valence-corrected chi connectivity index (χ2v) is 8.48. The minimum Gasteiger partial charge on any atom is -0.495 e. The third kappa shape index (κ3) is 3.50. The Balaban J connectivity index is 1.86. The summed E-state index contributed by atoms with van der Waals surface area (Å²) in [6.07, 6.45) is 0.580. The highest BCUT2D eigenvalue weighted by molar-refractivity contribution is 7.92. The molecule has 0 aromatic heterocycles. The number of nitrogens with one attached hydrogen (secondary N) is 1. The first-order valence-electron chi connectivity index (χ1n) is 8.14. The van der Waals surface area contributed by atoms with Crippen molar-refractivity contribution in [3.05, 3.63) is 52.5 Å². The first-order valence-corrected chi connectivity index (χ1v) is 10.1. The number of amides is 1. The van der Waals surface area contributed by atoms with Gasteiger partial charge >= 0.3 is 0 Å². The minimum atomic E-state index is -3.31. The van der Waals surface area contributed by atoms with Crippen LogP contribution in [0.3, 0.4) is 0 Å². The molecular weight excluding hydrogens is 376 g/mol. The molecule has 0 unspecified atom stereocenters. The molecular formula is C18H19ClN2O4S. The largest absolute Gasteiger partial charge is 0.495 e. The van der Waals surface area contributed by atoms with Crippen molar-refractivity contribution in [2.75, 3.05) is 29.0 Å². The van der Waals surface area contributed by atoms with Crippen LogP contribution in [0.25, 0.3) is 0 Å². The van der Waals surface area contributed by atoms with Crippen molar-refractivity contribution < 1.29 is 17.9 Å². The molecule has 1 heterocycles. The highest BCUT2D eigenvalue weighted by Gasteiger charge is 2.28. The van der Waals surface area contributed by atoms with E-state index in [1.165, 1.54) is 11.4 Å². The van der Waals surface area contributed by atoms with Crippen molar-refractivity contribution in [3.63, 3.8) is 0 Å². The molecule has 1 aliphatic rings. The first-order chi connectivity index (χ1) is 12.4. The van der Waals surface area contributed by atoms with Gasteiger partial charge in [0.2, 0.25) is 10.0 Å². The van der Waals surface area contributed by atoms with Crippen molar-refractivity contribution in [2.24, 2.45) is 0 Å². The zero-order chi connectivity index (χ0) is 18.9. The SMILES string of the molecule is CCS(=O)(=O)N1CCc2cc(C(=O)Nc3cc(Cl)ccc3OC)ccc21. The van der Waals surface area contributed by atoms with Crippen LogP contribution in [-0.2, 0) is 16.4 Å². The van der Waals surface area contributed by atoms with Crippen LogP contribution in [0.2, 0.25) is 5.02 Å². The summed E-state index contributed by atoms with van der Waals surface area (Å²) in [6.45, 7) is 2.02. The molecule has 2 aromatic rings. The molecule has 0 saturated heterocycles. The van der Waals surface area contributed by atoms with Gasteiger partial charge in [-0.05, 0) is 55.3 Å². The van der Waals surface area contributed by atoms with E-state index in [4.69, 9.17) is 16.3 Å². The molecule has 0 fully saturated rings. The summed E-state index contributed by atoms with van der Waals surface area (Å²) < 4.78 is 30.9. The summed E-state index contributed by atoms with van der Waals surface area (Å²) in [5, 5.41) is 3.26. The Bertz CT molecular complexity index is 960. The van der Waals surface area contributed by atoms with Crippen LogP contribution in [-0.4, -0.2) is 33.7 Å². The van der Waals surface area contributed by atoms with Gasteiger partial charge in [-0.3, -0.25) is 9.10 Å². The quantitative estimate of drug-likeness (QED) is 0.844. The lowest BCUT2D eigenvalue weighted by atomic mass is 10.1. The Morgan fingerprint density at radius 3 is 2.73 bits per heavy atom. The predicted octanol–water partition coefficient (Wildman–Crippen LogP) is 3.31. The Morgan fingerprint density at radius 2 is 2.04 bits per heavy atom. The number of nitrogens with zero attached hydrogens (tertiary/aromatic N) is 1. The van der Waals surface area contributed by atoms with Crippen LogP contribution in [0.1, 0.15) is 22.8 Å². The number of fused-ring (bicyclic) bond motifs is 1. The number of ether oxygens (including phenoxy) is 1. The third-order valence-electron chi connectivity index (χ3n) is 4.30. The first kappa shape index (κ1) is 18.5. The van der Waals surface area contributed by atoms with Gasteiger partial charge in [0.15, 0.2) is 0 Å². The van der Waals surface area contributed by atoms with E-state index in [9.17, 15) is 13.2 Å². The Hall–Kier alpha value is -2.25. The van der Waals surface area contributed by atoms with Crippen LogP contribution in [0.15, 0.2) is 36.4 Å². The maximum atomic E-state index is 12.6. The minimum absolute atomic E-state index is 0.0449. The van der Waals surface area contributed by atoms with Crippen LogP contribution in [0, 0.1) is 0 Å². The van der Waals surface area contributed by atoms with Crippen molar-refractivity contribution in [1.82, 2.24) is 0 Å². The number of rotatable bonds is 5. The van der Waals surface area contributed by atoms with Gasteiger partial charge in [-0.25, -0.2) is 8.42 Å². The second-order valence-electron chi connectivity index (χ2n) is 5.86. The molecule has 1 aliphatic heterocycles. The average molecular weight is 395 g/mol. The molecule has 8 heteroatoms. The van der Waals surface area contributed by atoms with Crippen molar-refractivity contribution >= 4 is 38.9 Å². The number of methoxy groups -OCH3 is 1. The molecule has 26 heavy (non-hydrogen) atoms. The summed E-state index contributed by atoms with van der Waals surface area (Å²) in [7, 11) is -1.79. The van der Waals surface area contributed by atoms with E-state index < -0.39 is 10.0 Å². The number of carbonyl (C=O) groups excluding carboxylic acids is 1. The van der Waals surface area contributed by atoms with Crippen LogP contribution in [0.5, 0.6) is 5.75 Å². The normalized spacial score (nSPS) is 13.4. The van der Waals surface area contributed by atoms with Crippen molar-refractivity contribution in [1.29, 1.82) is 0 Å². The highest BCUT2D eigenvalue weighted by Crippen LogP contribution is 2.32. The second kappa shape index (κ2) is 7.17. The molecule has 0 radical (unpaired) electrons. The number of sulfonamides is 1. The number of hydrogen-bond donors (Lipinski definition) is 1. The van der Waals surface area contributed by atoms with E-state index in [1.807, 2.05) is 0 Å². The monoisotopic (exact) mass is 394 g/mol. The topological polar surface area (TPSA) is 75.7 Å². The Kier molecular flexibility index (Phi) is 5.11. The van der Waals surface area contributed by atoms with Gasteiger partial charge in [0.25, 0.3) is 5.91 Å². The molecule has 6 nitrogen and oxygen atoms in total. The van der Waals surface area contributed by atoms with E-state index in [0.29, 0.717) is 40.7 Å². The molecule has 0 bridgehead atoms. The predicted molar refractivity (Wildman–Crippen MR) is 103 cm³/mol. The summed E-state index contributed by atoms with van der Waals surface area (Å²) in [5.41, 5.74) is 2.40. The zero-order valence-electron chi connectivity index (χ0n) is 14.5. The third-order valence-corrected chi connectivity index (χ3v) is 6.32. The zero-order valence-corrected chi connectivity index (χ0v) is 16.0. The number of anilines is 2. The van der Waals surface area contributed by atoms with Gasteiger partial charge in [0.05, 0.1) is 24.2 Å². The standard InChI is InChI=1S/C18H19ClN2O4S/c1-3-26(23,24)21-9-8-12-10-13(4-6-16(12)21)18(22)20-15-11-14(19)5-7-17(15)25-2/h4-7,10-11H,3,8-9H2,1-2H3,(H,20,22). The van der Waals surface area contributed by atoms with E-state index in [0.717, 1.165) is 5.56 Å². The van der Waals surface area contributed by atoms with Crippen molar-refractivity contribution in [2.45, 2.75) is 13.3 Å². The highest BCUT2D eigenvalue weighted by atomic mass is 35.5. The van der Waals surface area contributed by atoms with Gasteiger partial charge in [-0.2, -0.15) is 0 Å². The number of carbonyl (C=O) groups is 1. The lowest BCUT2D eigenvalue weighted by molar-refractivity contribution is 0.102. The fourth-order valence-electron chi connectivity index (χ4n) is 2.93. The fourth-order valence-corrected chi connectivity index (χ4v) is 4.26. The molecule has 0 spiro atoms. The van der Waals surface area contributed by atoms with Crippen molar-refractivity contribution in [3.8, 4) is 5.75 Å². The van der Waals surface area contributed by atoms with Gasteiger partial charge in [-0.1, -0.05) is 11.6 Å². The number of benzene rings is 2. The van der Waals surface area contributed by atoms with E-state index in [2.05, 4.69) is 5.32 Å². The smallest absolute Gasteiger partial charge is 0.255 e. The Morgan fingerprint density at radius 1 is 1.27 bits per heavy atom. The maximum absolute atomic E-state index is 12.6. The summed E-state index contributed by atoms with van der Waals surface area (Å²) in [4.78, 5) is 12.6. The van der Waals surface area contributed by atoms with Gasteiger partial charge < -0.3 is 10.1 Å². The van der Waals surface area contributed by atoms with E-state index in [-0.39, 0.29) is 11.7 Å². The van der Waals surface area contributed by atoms with Crippen LogP contribution in [0.4, 0.5) is 11.4 Å². The lowest BCUT2D eigenvalue weighted by Gasteiger charge is -2.18. The molecule has 0 saturated carbocycles. The molecule has 1 amide bonds. The average Bonchev–Trinajstić information content (AvgIpc) is 3.06. The van der Waals surface area contributed by atoms with Gasteiger partial charge in [0.1, 0.15) is 5.75 Å². The maximum Gasteiger partial charge on any atom is 0.255 e. The molecule has 1 N–H and O–H groups in total. The van der Waals surface area contributed by atoms with Gasteiger partial charge in [-0.15, -0.1) is 0 Å². The number of hydrogen-bond acceptors (Lipinski definition) is 4. The molecule has 2 aromatic carbocycles. The summed E-state index contributed by atoms with van der Waals surface area (Å²) in [6, 6.07) is 9.99. The lowest BCUT2D eigenvalue weighted by Crippen LogP contribution is -2.30. The molecule has 0 atom stereocenters. The molecule has 3 rings (SSSR count).